The zero-order chi connectivity index (χ0) is 14.5. The summed E-state index contributed by atoms with van der Waals surface area (Å²) in [5, 5.41) is 0. The van der Waals surface area contributed by atoms with Gasteiger partial charge in [-0.05, 0) is 43.5 Å². The maximum Gasteiger partial charge on any atom is 0.231 e. The molecule has 0 spiro atoms. The first-order valence-electron chi connectivity index (χ1n) is 7.03. The molecule has 2 aromatic rings. The predicted octanol–water partition coefficient (Wildman–Crippen LogP) is 3.90. The number of rotatable bonds is 4. The van der Waals surface area contributed by atoms with Crippen molar-refractivity contribution in [3.8, 4) is 0 Å². The van der Waals surface area contributed by atoms with Crippen LogP contribution >= 0.6 is 0 Å². The van der Waals surface area contributed by atoms with Gasteiger partial charge in [-0.15, -0.1) is 0 Å². The average Bonchev–Trinajstić information content (AvgIpc) is 2.44. The number of hydrogen-bond acceptors (Lipinski definition) is 1. The molecule has 0 fully saturated rings. The summed E-state index contributed by atoms with van der Waals surface area (Å²) in [6.45, 7) is 6.81. The van der Waals surface area contributed by atoms with Crippen molar-refractivity contribution in [3.05, 3.63) is 65.2 Å². The quantitative estimate of drug-likeness (QED) is 0.822. The number of anilines is 1. The fourth-order valence-electron chi connectivity index (χ4n) is 2.36. The van der Waals surface area contributed by atoms with Crippen LogP contribution in [-0.4, -0.2) is 12.5 Å². The largest absolute Gasteiger partial charge is 0.312 e. The summed E-state index contributed by atoms with van der Waals surface area (Å²) in [4.78, 5) is 14.4. The fourth-order valence-corrected chi connectivity index (χ4v) is 2.36. The van der Waals surface area contributed by atoms with Crippen LogP contribution in [0.5, 0.6) is 0 Å². The Labute approximate surface area is 121 Å². The minimum atomic E-state index is 0.146. The lowest BCUT2D eigenvalue weighted by Gasteiger charge is -2.23. The molecule has 0 saturated carbocycles. The molecule has 0 N–H and O–H groups in total. The third kappa shape index (κ3) is 3.27. The van der Waals surface area contributed by atoms with Crippen molar-refractivity contribution in [1.82, 2.24) is 0 Å². The Balaban J connectivity index is 2.23. The summed E-state index contributed by atoms with van der Waals surface area (Å²) < 4.78 is 0. The van der Waals surface area contributed by atoms with Crippen LogP contribution in [0.2, 0.25) is 0 Å². The van der Waals surface area contributed by atoms with Crippen molar-refractivity contribution >= 4 is 11.6 Å². The number of carbonyl (C=O) groups excluding carboxylic acids is 1. The molecule has 0 atom stereocenters. The van der Waals surface area contributed by atoms with Gasteiger partial charge in [0.25, 0.3) is 0 Å². The van der Waals surface area contributed by atoms with E-state index in [1.165, 1.54) is 5.56 Å². The second kappa shape index (κ2) is 6.38. The van der Waals surface area contributed by atoms with Crippen molar-refractivity contribution in [2.75, 3.05) is 11.4 Å². The lowest BCUT2D eigenvalue weighted by atomic mass is 10.1. The first-order valence-corrected chi connectivity index (χ1v) is 7.03. The monoisotopic (exact) mass is 267 g/mol. The minimum absolute atomic E-state index is 0.146. The number of benzene rings is 2. The summed E-state index contributed by atoms with van der Waals surface area (Å²) in [7, 11) is 0. The van der Waals surface area contributed by atoms with Gasteiger partial charge in [-0.2, -0.15) is 0 Å². The molecule has 2 nitrogen and oxygen atoms in total. The van der Waals surface area contributed by atoms with Crippen LogP contribution in [0, 0.1) is 13.8 Å². The lowest BCUT2D eigenvalue weighted by Crippen LogP contribution is -2.32. The summed E-state index contributed by atoms with van der Waals surface area (Å²) >= 11 is 0. The van der Waals surface area contributed by atoms with Gasteiger partial charge in [0.1, 0.15) is 0 Å². The van der Waals surface area contributed by atoms with E-state index < -0.39 is 0 Å². The van der Waals surface area contributed by atoms with Crippen LogP contribution in [-0.2, 0) is 11.2 Å². The molecular formula is C18H21NO. The van der Waals surface area contributed by atoms with E-state index in [0.29, 0.717) is 13.0 Å². The second-order valence-corrected chi connectivity index (χ2v) is 5.09. The van der Waals surface area contributed by atoms with Crippen molar-refractivity contribution < 1.29 is 4.79 Å². The van der Waals surface area contributed by atoms with Crippen LogP contribution in [0.15, 0.2) is 48.5 Å². The van der Waals surface area contributed by atoms with Crippen molar-refractivity contribution in [3.63, 3.8) is 0 Å². The molecule has 104 valence electrons. The van der Waals surface area contributed by atoms with Crippen LogP contribution in [0.3, 0.4) is 0 Å². The predicted molar refractivity (Wildman–Crippen MR) is 84.1 cm³/mol. The van der Waals surface area contributed by atoms with Crippen LogP contribution < -0.4 is 4.90 Å². The van der Waals surface area contributed by atoms with E-state index >= 15 is 0 Å². The van der Waals surface area contributed by atoms with Gasteiger partial charge in [0, 0.05) is 12.2 Å². The molecule has 0 heterocycles. The van der Waals surface area contributed by atoms with Gasteiger partial charge in [-0.3, -0.25) is 4.79 Å². The van der Waals surface area contributed by atoms with Gasteiger partial charge < -0.3 is 4.90 Å². The van der Waals surface area contributed by atoms with Gasteiger partial charge in [0.15, 0.2) is 0 Å². The lowest BCUT2D eigenvalue weighted by molar-refractivity contribution is -0.117. The van der Waals surface area contributed by atoms with E-state index in [9.17, 15) is 4.79 Å². The van der Waals surface area contributed by atoms with Gasteiger partial charge in [0.05, 0.1) is 6.42 Å². The van der Waals surface area contributed by atoms with Gasteiger partial charge in [-0.1, -0.05) is 42.5 Å². The molecule has 0 unspecified atom stereocenters. The highest BCUT2D eigenvalue weighted by molar-refractivity contribution is 5.95. The number of aryl methyl sites for hydroxylation is 2. The maximum atomic E-state index is 12.5. The number of amides is 1. The molecule has 0 saturated heterocycles. The number of likely N-dealkylation sites (N-methyl/N-ethyl adjacent to an activating group) is 1. The van der Waals surface area contributed by atoms with Gasteiger partial charge >= 0.3 is 0 Å². The van der Waals surface area contributed by atoms with Crippen LogP contribution in [0.4, 0.5) is 5.69 Å². The third-order valence-electron chi connectivity index (χ3n) is 3.47. The van der Waals surface area contributed by atoms with Crippen molar-refractivity contribution in [1.29, 1.82) is 0 Å². The Kier molecular flexibility index (Phi) is 4.57. The molecule has 0 aliphatic rings. The smallest absolute Gasteiger partial charge is 0.231 e. The van der Waals surface area contributed by atoms with E-state index in [1.807, 2.05) is 49.1 Å². The van der Waals surface area contributed by atoms with E-state index in [1.54, 1.807) is 0 Å². The Morgan fingerprint density at radius 3 is 2.40 bits per heavy atom. The standard InChI is InChI=1S/C18H21NO/c1-4-19(17-12-14(2)10-11-15(17)3)18(20)13-16-8-6-5-7-9-16/h5-12H,4,13H2,1-3H3. The van der Waals surface area contributed by atoms with Gasteiger partial charge in [-0.25, -0.2) is 0 Å². The van der Waals surface area contributed by atoms with Crippen molar-refractivity contribution in [2.24, 2.45) is 0 Å². The molecule has 2 heteroatoms. The van der Waals surface area contributed by atoms with E-state index in [0.717, 1.165) is 16.8 Å². The number of carbonyl (C=O) groups is 1. The molecule has 0 aromatic heterocycles. The zero-order valence-corrected chi connectivity index (χ0v) is 12.4. The summed E-state index contributed by atoms with van der Waals surface area (Å²) in [6, 6.07) is 16.1. The molecule has 0 radical (unpaired) electrons. The Hall–Kier alpha value is -2.09. The summed E-state index contributed by atoms with van der Waals surface area (Å²) in [6.07, 6.45) is 0.446. The topological polar surface area (TPSA) is 20.3 Å². The molecule has 0 aliphatic heterocycles. The molecule has 20 heavy (non-hydrogen) atoms. The summed E-state index contributed by atoms with van der Waals surface area (Å²) in [5.74, 6) is 0.146. The fraction of sp³-hybridized carbons (Fsp3) is 0.278. The highest BCUT2D eigenvalue weighted by atomic mass is 16.2. The van der Waals surface area contributed by atoms with Crippen molar-refractivity contribution in [2.45, 2.75) is 27.2 Å². The Morgan fingerprint density at radius 2 is 1.75 bits per heavy atom. The molecule has 0 bridgehead atoms. The third-order valence-corrected chi connectivity index (χ3v) is 3.47. The van der Waals surface area contributed by atoms with E-state index in [2.05, 4.69) is 25.1 Å². The minimum Gasteiger partial charge on any atom is -0.312 e. The Morgan fingerprint density at radius 1 is 1.05 bits per heavy atom. The van der Waals surface area contributed by atoms with Crippen LogP contribution in [0.25, 0.3) is 0 Å². The van der Waals surface area contributed by atoms with E-state index in [4.69, 9.17) is 0 Å². The highest BCUT2D eigenvalue weighted by Crippen LogP contribution is 2.22. The molecule has 2 aromatic carbocycles. The maximum absolute atomic E-state index is 12.5. The normalized spacial score (nSPS) is 10.3. The molecule has 2 rings (SSSR count). The molecule has 0 aliphatic carbocycles. The first kappa shape index (κ1) is 14.3. The Bertz CT molecular complexity index is 590. The number of nitrogens with zero attached hydrogens (tertiary/aromatic N) is 1. The molecule has 1 amide bonds. The second-order valence-electron chi connectivity index (χ2n) is 5.09. The highest BCUT2D eigenvalue weighted by Gasteiger charge is 2.16. The summed E-state index contributed by atoms with van der Waals surface area (Å²) in [5.41, 5.74) is 4.39. The van der Waals surface area contributed by atoms with Crippen LogP contribution in [0.1, 0.15) is 23.6 Å². The molecular weight excluding hydrogens is 246 g/mol. The zero-order valence-electron chi connectivity index (χ0n) is 12.4. The average molecular weight is 267 g/mol. The van der Waals surface area contributed by atoms with Gasteiger partial charge in [0.2, 0.25) is 5.91 Å². The first-order chi connectivity index (χ1) is 9.61. The van der Waals surface area contributed by atoms with E-state index in [-0.39, 0.29) is 5.91 Å². The SMILES string of the molecule is CCN(C(=O)Cc1ccccc1)c1cc(C)ccc1C. The number of hydrogen-bond donors (Lipinski definition) is 0.